The number of piperidine rings is 1. The first-order chi connectivity index (χ1) is 11.2. The van der Waals surface area contributed by atoms with Crippen molar-refractivity contribution in [3.8, 4) is 5.75 Å². The van der Waals surface area contributed by atoms with Crippen LogP contribution < -0.4 is 4.74 Å². The van der Waals surface area contributed by atoms with Crippen LogP contribution in [0.1, 0.15) is 42.1 Å². The van der Waals surface area contributed by atoms with E-state index in [2.05, 4.69) is 13.0 Å². The third kappa shape index (κ3) is 2.76. The molecule has 1 aromatic rings. The third-order valence-corrected chi connectivity index (χ3v) is 5.23. The number of hydrogen-bond acceptors (Lipinski definition) is 3. The second-order valence-electron chi connectivity index (χ2n) is 6.87. The smallest absolute Gasteiger partial charge is 0.253 e. The molecule has 0 saturated carbocycles. The summed E-state index contributed by atoms with van der Waals surface area (Å²) in [6.45, 7) is 5.23. The molecule has 0 N–H and O–H groups in total. The number of ether oxygens (including phenoxy) is 2. The highest BCUT2D eigenvalue weighted by molar-refractivity contribution is 5.94. The number of likely N-dealkylation sites (tertiary alicyclic amines) is 1. The molecule has 1 amide bonds. The van der Waals surface area contributed by atoms with E-state index < -0.39 is 0 Å². The van der Waals surface area contributed by atoms with Gasteiger partial charge in [-0.1, -0.05) is 11.6 Å². The Kier molecular flexibility index (Phi) is 3.64. The second-order valence-corrected chi connectivity index (χ2v) is 6.87. The maximum Gasteiger partial charge on any atom is 0.253 e. The Bertz CT molecular complexity index is 657. The van der Waals surface area contributed by atoms with E-state index in [1.165, 1.54) is 5.57 Å². The van der Waals surface area contributed by atoms with Crippen LogP contribution in [0.2, 0.25) is 0 Å². The SMILES string of the molecule is CC1=CC2(CCN(C(=O)c3ccc4c(c3)CCO4)CC2)OCC1. The van der Waals surface area contributed by atoms with Gasteiger partial charge < -0.3 is 14.4 Å². The number of rotatable bonds is 1. The Morgan fingerprint density at radius 2 is 2.00 bits per heavy atom. The van der Waals surface area contributed by atoms with Crippen molar-refractivity contribution in [3.05, 3.63) is 41.0 Å². The fourth-order valence-corrected chi connectivity index (χ4v) is 3.86. The van der Waals surface area contributed by atoms with Gasteiger partial charge in [-0.25, -0.2) is 0 Å². The summed E-state index contributed by atoms with van der Waals surface area (Å²) in [6, 6.07) is 5.81. The normalized spacial score (nSPS) is 22.5. The van der Waals surface area contributed by atoms with Crippen LogP contribution in [0.3, 0.4) is 0 Å². The van der Waals surface area contributed by atoms with Crippen molar-refractivity contribution < 1.29 is 14.3 Å². The van der Waals surface area contributed by atoms with Crippen molar-refractivity contribution in [2.24, 2.45) is 0 Å². The van der Waals surface area contributed by atoms with Gasteiger partial charge in [0.1, 0.15) is 5.75 Å². The monoisotopic (exact) mass is 313 g/mol. The van der Waals surface area contributed by atoms with Crippen molar-refractivity contribution in [3.63, 3.8) is 0 Å². The summed E-state index contributed by atoms with van der Waals surface area (Å²) >= 11 is 0. The number of nitrogens with zero attached hydrogens (tertiary/aromatic N) is 1. The fourth-order valence-electron chi connectivity index (χ4n) is 3.86. The maximum atomic E-state index is 12.8. The van der Waals surface area contributed by atoms with Crippen molar-refractivity contribution in [1.82, 2.24) is 4.90 Å². The molecule has 1 fully saturated rings. The molecule has 0 unspecified atom stereocenters. The first-order valence-corrected chi connectivity index (χ1v) is 8.53. The van der Waals surface area contributed by atoms with Crippen LogP contribution in [0.15, 0.2) is 29.8 Å². The number of carbonyl (C=O) groups excluding carboxylic acids is 1. The fraction of sp³-hybridized carbons (Fsp3) is 0.526. The summed E-state index contributed by atoms with van der Waals surface area (Å²) < 4.78 is 11.6. The van der Waals surface area contributed by atoms with Gasteiger partial charge in [0.2, 0.25) is 0 Å². The number of amides is 1. The molecule has 3 aliphatic rings. The first kappa shape index (κ1) is 14.8. The standard InChI is InChI=1S/C19H23NO3/c1-14-4-11-23-19(13-14)6-8-20(9-7-19)18(21)16-2-3-17-15(12-16)5-10-22-17/h2-3,12-13H,4-11H2,1H3. The molecule has 4 heteroatoms. The molecule has 1 aromatic carbocycles. The lowest BCUT2D eigenvalue weighted by Gasteiger charge is -2.42. The Morgan fingerprint density at radius 3 is 2.78 bits per heavy atom. The Labute approximate surface area is 137 Å². The minimum Gasteiger partial charge on any atom is -0.493 e. The number of hydrogen-bond donors (Lipinski definition) is 0. The lowest BCUT2D eigenvalue weighted by molar-refractivity contribution is -0.0522. The van der Waals surface area contributed by atoms with E-state index in [1.807, 2.05) is 23.1 Å². The summed E-state index contributed by atoms with van der Waals surface area (Å²) in [4.78, 5) is 14.7. The maximum absolute atomic E-state index is 12.8. The molecule has 1 saturated heterocycles. The van der Waals surface area contributed by atoms with Gasteiger partial charge in [0, 0.05) is 25.1 Å². The molecule has 0 bridgehead atoms. The van der Waals surface area contributed by atoms with Crippen LogP contribution in [0, 0.1) is 0 Å². The summed E-state index contributed by atoms with van der Waals surface area (Å²) in [5.41, 5.74) is 3.21. The van der Waals surface area contributed by atoms with Crippen LogP contribution in [-0.4, -0.2) is 42.7 Å². The average molecular weight is 313 g/mol. The summed E-state index contributed by atoms with van der Waals surface area (Å²) in [5, 5.41) is 0. The average Bonchev–Trinajstić information content (AvgIpc) is 3.02. The Morgan fingerprint density at radius 1 is 1.17 bits per heavy atom. The molecular formula is C19H23NO3. The minimum atomic E-state index is -0.134. The van der Waals surface area contributed by atoms with E-state index in [0.717, 1.165) is 68.9 Å². The minimum absolute atomic E-state index is 0.131. The predicted molar refractivity (Wildman–Crippen MR) is 87.8 cm³/mol. The molecule has 0 aliphatic carbocycles. The zero-order valence-electron chi connectivity index (χ0n) is 13.6. The van der Waals surface area contributed by atoms with Gasteiger partial charge in [-0.3, -0.25) is 4.79 Å². The number of fused-ring (bicyclic) bond motifs is 1. The Balaban J connectivity index is 1.46. The van der Waals surface area contributed by atoms with Gasteiger partial charge in [-0.2, -0.15) is 0 Å². The van der Waals surface area contributed by atoms with Crippen molar-refractivity contribution >= 4 is 5.91 Å². The molecule has 3 aliphatic heterocycles. The molecular weight excluding hydrogens is 290 g/mol. The number of benzene rings is 1. The highest BCUT2D eigenvalue weighted by Gasteiger charge is 2.37. The second kappa shape index (κ2) is 5.68. The molecule has 0 radical (unpaired) electrons. The van der Waals surface area contributed by atoms with E-state index in [0.29, 0.717) is 0 Å². The molecule has 4 nitrogen and oxygen atoms in total. The largest absolute Gasteiger partial charge is 0.493 e. The quantitative estimate of drug-likeness (QED) is 0.748. The van der Waals surface area contributed by atoms with Crippen LogP contribution in [0.25, 0.3) is 0 Å². The van der Waals surface area contributed by atoms with E-state index in [1.54, 1.807) is 0 Å². The molecule has 4 rings (SSSR count). The van der Waals surface area contributed by atoms with E-state index in [-0.39, 0.29) is 11.5 Å². The van der Waals surface area contributed by atoms with Crippen molar-refractivity contribution in [2.75, 3.05) is 26.3 Å². The highest BCUT2D eigenvalue weighted by Crippen LogP contribution is 2.34. The summed E-state index contributed by atoms with van der Waals surface area (Å²) in [6.07, 6.45) is 6.00. The van der Waals surface area contributed by atoms with Gasteiger partial charge in [0.25, 0.3) is 5.91 Å². The Hall–Kier alpha value is -1.81. The topological polar surface area (TPSA) is 38.8 Å². The van der Waals surface area contributed by atoms with E-state index >= 15 is 0 Å². The van der Waals surface area contributed by atoms with Gasteiger partial charge in [0.15, 0.2) is 0 Å². The zero-order chi connectivity index (χ0) is 15.9. The van der Waals surface area contributed by atoms with Crippen LogP contribution in [-0.2, 0) is 11.2 Å². The highest BCUT2D eigenvalue weighted by atomic mass is 16.5. The predicted octanol–water partition coefficient (Wildman–Crippen LogP) is 2.96. The van der Waals surface area contributed by atoms with Gasteiger partial charge in [0.05, 0.1) is 18.8 Å². The van der Waals surface area contributed by atoms with Crippen LogP contribution in [0.5, 0.6) is 5.75 Å². The molecule has 122 valence electrons. The molecule has 0 aromatic heterocycles. The summed E-state index contributed by atoms with van der Waals surface area (Å²) in [7, 11) is 0. The van der Waals surface area contributed by atoms with Crippen molar-refractivity contribution in [1.29, 1.82) is 0 Å². The molecule has 23 heavy (non-hydrogen) atoms. The van der Waals surface area contributed by atoms with Crippen LogP contribution >= 0.6 is 0 Å². The molecule has 1 spiro atoms. The third-order valence-electron chi connectivity index (χ3n) is 5.23. The van der Waals surface area contributed by atoms with Crippen molar-refractivity contribution in [2.45, 2.75) is 38.2 Å². The zero-order valence-corrected chi connectivity index (χ0v) is 13.6. The lowest BCUT2D eigenvalue weighted by Crippen LogP contribution is -2.48. The summed E-state index contributed by atoms with van der Waals surface area (Å²) in [5.74, 6) is 1.06. The van der Waals surface area contributed by atoms with Gasteiger partial charge in [-0.05, 0) is 49.9 Å². The molecule has 0 atom stereocenters. The lowest BCUT2D eigenvalue weighted by atomic mass is 9.86. The first-order valence-electron chi connectivity index (χ1n) is 8.53. The number of carbonyl (C=O) groups is 1. The van der Waals surface area contributed by atoms with E-state index in [9.17, 15) is 4.79 Å². The van der Waals surface area contributed by atoms with Gasteiger partial charge >= 0.3 is 0 Å². The van der Waals surface area contributed by atoms with Gasteiger partial charge in [-0.15, -0.1) is 0 Å². The molecule has 3 heterocycles. The van der Waals surface area contributed by atoms with Crippen LogP contribution in [0.4, 0.5) is 0 Å². The van der Waals surface area contributed by atoms with E-state index in [4.69, 9.17) is 9.47 Å².